The van der Waals surface area contributed by atoms with Gasteiger partial charge in [-0.3, -0.25) is 0 Å². The monoisotopic (exact) mass is 301 g/mol. The molecule has 0 amide bonds. The Labute approximate surface area is 131 Å². The summed E-state index contributed by atoms with van der Waals surface area (Å²) in [6.07, 6.45) is 2.63. The van der Waals surface area contributed by atoms with Crippen molar-refractivity contribution in [2.24, 2.45) is 0 Å². The fourth-order valence-corrected chi connectivity index (χ4v) is 2.43. The molecule has 0 saturated heterocycles. The van der Waals surface area contributed by atoms with E-state index in [0.29, 0.717) is 11.6 Å². The molecule has 1 aliphatic carbocycles. The van der Waals surface area contributed by atoms with Crippen molar-refractivity contribution >= 4 is 11.6 Å². The molecule has 110 valence electrons. The van der Waals surface area contributed by atoms with Crippen molar-refractivity contribution in [1.82, 2.24) is 5.32 Å². The maximum atomic E-state index is 6.15. The standard InChI is InChI=1S/C18H20ClNO/c1-13-5-8-17(19)18(9-13)21-12-15-4-2-3-14(10-15)11-20-16-6-7-16/h2-5,8-10,16,20H,6-7,11-12H2,1H3. The fourth-order valence-electron chi connectivity index (χ4n) is 2.26. The molecule has 0 heterocycles. The Morgan fingerprint density at radius 2 is 1.95 bits per heavy atom. The minimum absolute atomic E-state index is 0.542. The number of benzene rings is 2. The van der Waals surface area contributed by atoms with Gasteiger partial charge in [0.25, 0.3) is 0 Å². The number of aryl methyl sites for hydroxylation is 1. The zero-order chi connectivity index (χ0) is 14.7. The van der Waals surface area contributed by atoms with Gasteiger partial charge in [0, 0.05) is 12.6 Å². The quantitative estimate of drug-likeness (QED) is 0.849. The Kier molecular flexibility index (Phi) is 4.47. The molecule has 0 radical (unpaired) electrons. The molecule has 0 aromatic heterocycles. The molecule has 2 nitrogen and oxygen atoms in total. The summed E-state index contributed by atoms with van der Waals surface area (Å²) >= 11 is 6.15. The van der Waals surface area contributed by atoms with E-state index in [1.165, 1.54) is 24.0 Å². The van der Waals surface area contributed by atoms with Crippen LogP contribution in [0.2, 0.25) is 5.02 Å². The van der Waals surface area contributed by atoms with Crippen LogP contribution in [0.3, 0.4) is 0 Å². The van der Waals surface area contributed by atoms with Gasteiger partial charge in [0.1, 0.15) is 12.4 Å². The molecular weight excluding hydrogens is 282 g/mol. The average Bonchev–Trinajstić information content (AvgIpc) is 3.31. The van der Waals surface area contributed by atoms with Crippen molar-refractivity contribution in [1.29, 1.82) is 0 Å². The van der Waals surface area contributed by atoms with Crippen LogP contribution in [0.15, 0.2) is 42.5 Å². The van der Waals surface area contributed by atoms with E-state index in [1.54, 1.807) is 0 Å². The summed E-state index contributed by atoms with van der Waals surface area (Å²) in [7, 11) is 0. The van der Waals surface area contributed by atoms with E-state index in [1.807, 2.05) is 25.1 Å². The summed E-state index contributed by atoms with van der Waals surface area (Å²) in [5, 5.41) is 4.19. The van der Waals surface area contributed by atoms with Gasteiger partial charge in [0.05, 0.1) is 5.02 Å². The first-order chi connectivity index (χ1) is 10.2. The molecule has 3 rings (SSSR count). The molecule has 1 N–H and O–H groups in total. The van der Waals surface area contributed by atoms with E-state index in [4.69, 9.17) is 16.3 Å². The molecule has 0 unspecified atom stereocenters. The normalized spacial score (nSPS) is 14.2. The third kappa shape index (κ3) is 4.23. The highest BCUT2D eigenvalue weighted by atomic mass is 35.5. The molecule has 1 saturated carbocycles. The fraction of sp³-hybridized carbons (Fsp3) is 0.333. The van der Waals surface area contributed by atoms with Gasteiger partial charge in [0.15, 0.2) is 0 Å². The summed E-state index contributed by atoms with van der Waals surface area (Å²) in [4.78, 5) is 0. The highest BCUT2D eigenvalue weighted by Crippen LogP contribution is 2.26. The summed E-state index contributed by atoms with van der Waals surface area (Å²) in [5.41, 5.74) is 3.62. The summed E-state index contributed by atoms with van der Waals surface area (Å²) in [6, 6.07) is 15.1. The predicted molar refractivity (Wildman–Crippen MR) is 86.8 cm³/mol. The van der Waals surface area contributed by atoms with Crippen molar-refractivity contribution in [3.8, 4) is 5.75 Å². The average molecular weight is 302 g/mol. The van der Waals surface area contributed by atoms with E-state index in [2.05, 4.69) is 29.6 Å². The smallest absolute Gasteiger partial charge is 0.138 e. The Bertz CT molecular complexity index is 622. The third-order valence-electron chi connectivity index (χ3n) is 3.64. The van der Waals surface area contributed by atoms with Crippen molar-refractivity contribution in [3.63, 3.8) is 0 Å². The van der Waals surface area contributed by atoms with Gasteiger partial charge in [-0.1, -0.05) is 41.9 Å². The molecule has 3 heteroatoms. The molecule has 1 fully saturated rings. The van der Waals surface area contributed by atoms with Gasteiger partial charge < -0.3 is 10.1 Å². The number of ether oxygens (including phenoxy) is 1. The van der Waals surface area contributed by atoms with Crippen LogP contribution in [0, 0.1) is 6.92 Å². The van der Waals surface area contributed by atoms with Gasteiger partial charge in [-0.15, -0.1) is 0 Å². The highest BCUT2D eigenvalue weighted by molar-refractivity contribution is 6.32. The molecule has 0 bridgehead atoms. The second-order valence-electron chi connectivity index (χ2n) is 5.70. The van der Waals surface area contributed by atoms with Crippen LogP contribution >= 0.6 is 11.6 Å². The van der Waals surface area contributed by atoms with Gasteiger partial charge in [-0.2, -0.15) is 0 Å². The van der Waals surface area contributed by atoms with Crippen LogP contribution in [-0.4, -0.2) is 6.04 Å². The molecule has 21 heavy (non-hydrogen) atoms. The Morgan fingerprint density at radius 1 is 1.14 bits per heavy atom. The molecule has 0 atom stereocenters. The third-order valence-corrected chi connectivity index (χ3v) is 3.96. The summed E-state index contributed by atoms with van der Waals surface area (Å²) in [5.74, 6) is 0.748. The minimum Gasteiger partial charge on any atom is -0.487 e. The van der Waals surface area contributed by atoms with E-state index in [-0.39, 0.29) is 0 Å². The molecule has 0 aliphatic heterocycles. The number of rotatable bonds is 6. The highest BCUT2D eigenvalue weighted by Gasteiger charge is 2.19. The Morgan fingerprint density at radius 3 is 2.76 bits per heavy atom. The van der Waals surface area contributed by atoms with Gasteiger partial charge in [0.2, 0.25) is 0 Å². The second-order valence-corrected chi connectivity index (χ2v) is 6.10. The topological polar surface area (TPSA) is 21.3 Å². The first-order valence-corrected chi connectivity index (χ1v) is 7.78. The van der Waals surface area contributed by atoms with Crippen LogP contribution < -0.4 is 10.1 Å². The van der Waals surface area contributed by atoms with Crippen molar-refractivity contribution < 1.29 is 4.74 Å². The molecule has 0 spiro atoms. The lowest BCUT2D eigenvalue weighted by atomic mass is 10.1. The lowest BCUT2D eigenvalue weighted by Crippen LogP contribution is -2.15. The van der Waals surface area contributed by atoms with E-state index in [0.717, 1.165) is 23.9 Å². The Hall–Kier alpha value is -1.51. The van der Waals surface area contributed by atoms with Crippen molar-refractivity contribution in [3.05, 3.63) is 64.2 Å². The SMILES string of the molecule is Cc1ccc(Cl)c(OCc2cccc(CNC3CC3)c2)c1. The number of hydrogen-bond acceptors (Lipinski definition) is 2. The maximum Gasteiger partial charge on any atom is 0.138 e. The van der Waals surface area contributed by atoms with Crippen LogP contribution in [0.4, 0.5) is 0 Å². The molecule has 1 aliphatic rings. The van der Waals surface area contributed by atoms with Crippen LogP contribution in [0.1, 0.15) is 29.5 Å². The van der Waals surface area contributed by atoms with Crippen molar-refractivity contribution in [2.75, 3.05) is 0 Å². The number of hydrogen-bond donors (Lipinski definition) is 1. The zero-order valence-electron chi connectivity index (χ0n) is 12.2. The Balaban J connectivity index is 1.61. The summed E-state index contributed by atoms with van der Waals surface area (Å²) in [6.45, 7) is 3.51. The number of nitrogens with one attached hydrogen (secondary N) is 1. The van der Waals surface area contributed by atoms with Crippen LogP contribution in [-0.2, 0) is 13.2 Å². The second kappa shape index (κ2) is 6.50. The number of halogens is 1. The first kappa shape index (κ1) is 14.4. The van der Waals surface area contributed by atoms with E-state index >= 15 is 0 Å². The van der Waals surface area contributed by atoms with E-state index < -0.39 is 0 Å². The van der Waals surface area contributed by atoms with Gasteiger partial charge in [-0.05, 0) is 48.6 Å². The van der Waals surface area contributed by atoms with Gasteiger partial charge in [-0.25, -0.2) is 0 Å². The molecule has 2 aromatic rings. The largest absolute Gasteiger partial charge is 0.487 e. The summed E-state index contributed by atoms with van der Waals surface area (Å²) < 4.78 is 5.84. The van der Waals surface area contributed by atoms with Crippen LogP contribution in [0.5, 0.6) is 5.75 Å². The maximum absolute atomic E-state index is 6.15. The van der Waals surface area contributed by atoms with Crippen molar-refractivity contribution in [2.45, 2.75) is 39.0 Å². The van der Waals surface area contributed by atoms with E-state index in [9.17, 15) is 0 Å². The first-order valence-electron chi connectivity index (χ1n) is 7.41. The van der Waals surface area contributed by atoms with Gasteiger partial charge >= 0.3 is 0 Å². The minimum atomic E-state index is 0.542. The predicted octanol–water partition coefficient (Wildman–Crippen LogP) is 4.48. The molecular formula is C18H20ClNO. The molecule has 2 aromatic carbocycles. The lowest BCUT2D eigenvalue weighted by molar-refractivity contribution is 0.306. The van der Waals surface area contributed by atoms with Crippen LogP contribution in [0.25, 0.3) is 0 Å². The lowest BCUT2D eigenvalue weighted by Gasteiger charge is -2.10. The zero-order valence-corrected chi connectivity index (χ0v) is 13.0.